The van der Waals surface area contributed by atoms with E-state index in [9.17, 15) is 4.79 Å². The number of nitrogens with two attached hydrogens (primary N) is 2. The van der Waals surface area contributed by atoms with E-state index >= 15 is 4.39 Å². The lowest BCUT2D eigenvalue weighted by atomic mass is 9.88. The maximum absolute atomic E-state index is 15.5. The largest absolute Gasteiger partial charge is 0.497 e. The number of amides is 1. The van der Waals surface area contributed by atoms with E-state index in [1.165, 1.54) is 12.1 Å². The molecule has 7 heteroatoms. The highest BCUT2D eigenvalue weighted by atomic mass is 35.5. The lowest BCUT2D eigenvalue weighted by Gasteiger charge is -2.22. The second-order valence-electron chi connectivity index (χ2n) is 5.03. The molecule has 2 aromatic carbocycles. The Bertz CT molecular complexity index is 704. The number of carbonyl (C=O) groups is 1. The first kappa shape index (κ1) is 19.4. The van der Waals surface area contributed by atoms with Gasteiger partial charge in [-0.1, -0.05) is 42.5 Å². The molecule has 24 heavy (non-hydrogen) atoms. The Labute approximate surface area is 145 Å². The first-order valence-corrected chi connectivity index (χ1v) is 6.97. The Morgan fingerprint density at radius 1 is 1.12 bits per heavy atom. The number of ether oxygens (including phenoxy) is 1. The molecule has 1 atom stereocenters. The Morgan fingerprint density at radius 2 is 1.71 bits per heavy atom. The standard InChI is InChI=1S/C17H18FN3O2.ClH/c1-23-14-9-7-12(8-10-14)11-17(18,15(22)21-16(19)20)13-5-3-2-4-6-13;/h2-10H,11H2,1H3,(H4,19,20,21,22);1H. The maximum Gasteiger partial charge on any atom is 0.291 e. The summed E-state index contributed by atoms with van der Waals surface area (Å²) in [4.78, 5) is 15.6. The van der Waals surface area contributed by atoms with Crippen molar-refractivity contribution in [3.8, 4) is 5.75 Å². The van der Waals surface area contributed by atoms with Crippen LogP contribution in [0.5, 0.6) is 5.75 Å². The average Bonchev–Trinajstić information content (AvgIpc) is 2.55. The van der Waals surface area contributed by atoms with E-state index in [1.807, 2.05) is 0 Å². The molecule has 0 aliphatic heterocycles. The molecule has 0 aliphatic carbocycles. The number of hydrogen-bond acceptors (Lipinski definition) is 2. The van der Waals surface area contributed by atoms with Crippen molar-refractivity contribution in [1.82, 2.24) is 0 Å². The third-order valence-corrected chi connectivity index (χ3v) is 3.41. The number of halogens is 2. The van der Waals surface area contributed by atoms with Crippen LogP contribution in [-0.4, -0.2) is 19.0 Å². The molecule has 0 bridgehead atoms. The van der Waals surface area contributed by atoms with E-state index < -0.39 is 17.5 Å². The van der Waals surface area contributed by atoms with Crippen molar-refractivity contribution < 1.29 is 13.9 Å². The van der Waals surface area contributed by atoms with Gasteiger partial charge < -0.3 is 16.2 Å². The molecular formula is C17H19ClFN3O2. The van der Waals surface area contributed by atoms with Gasteiger partial charge in [0, 0.05) is 6.42 Å². The molecule has 5 nitrogen and oxygen atoms in total. The summed E-state index contributed by atoms with van der Waals surface area (Å²) in [6.07, 6.45) is -0.184. The van der Waals surface area contributed by atoms with Crippen LogP contribution in [0.15, 0.2) is 59.6 Å². The Balaban J connectivity index is 0.00000288. The molecule has 0 aromatic heterocycles. The molecule has 2 aromatic rings. The van der Waals surface area contributed by atoms with Crippen molar-refractivity contribution >= 4 is 24.3 Å². The minimum atomic E-state index is -2.35. The minimum absolute atomic E-state index is 0. The number of rotatable bonds is 5. The lowest BCUT2D eigenvalue weighted by Crippen LogP contribution is -2.35. The summed E-state index contributed by atoms with van der Waals surface area (Å²) in [5.41, 5.74) is 8.92. The Kier molecular flexibility index (Phi) is 6.73. The first-order chi connectivity index (χ1) is 11.0. The molecule has 4 N–H and O–H groups in total. The third kappa shape index (κ3) is 4.45. The zero-order valence-electron chi connectivity index (χ0n) is 13.1. The number of alkyl halides is 1. The second kappa shape index (κ2) is 8.31. The van der Waals surface area contributed by atoms with Crippen LogP contribution in [0.1, 0.15) is 11.1 Å². The fourth-order valence-electron chi connectivity index (χ4n) is 2.23. The van der Waals surface area contributed by atoms with Gasteiger partial charge in [0.15, 0.2) is 5.96 Å². The molecule has 0 radical (unpaired) electrons. The monoisotopic (exact) mass is 351 g/mol. The molecule has 0 aliphatic rings. The third-order valence-electron chi connectivity index (χ3n) is 3.41. The zero-order chi connectivity index (χ0) is 16.9. The van der Waals surface area contributed by atoms with Crippen LogP contribution in [0.4, 0.5) is 4.39 Å². The van der Waals surface area contributed by atoms with Crippen molar-refractivity contribution in [3.63, 3.8) is 0 Å². The van der Waals surface area contributed by atoms with Crippen molar-refractivity contribution in [1.29, 1.82) is 0 Å². The van der Waals surface area contributed by atoms with Crippen LogP contribution in [0.25, 0.3) is 0 Å². The van der Waals surface area contributed by atoms with Crippen molar-refractivity contribution in [3.05, 3.63) is 65.7 Å². The molecule has 1 amide bonds. The van der Waals surface area contributed by atoms with Crippen LogP contribution < -0.4 is 16.2 Å². The normalized spacial score (nSPS) is 12.4. The molecule has 128 valence electrons. The summed E-state index contributed by atoms with van der Waals surface area (Å²) in [6.45, 7) is 0. The van der Waals surface area contributed by atoms with Gasteiger partial charge in [0.25, 0.3) is 5.91 Å². The summed E-state index contributed by atoms with van der Waals surface area (Å²) >= 11 is 0. The van der Waals surface area contributed by atoms with Crippen LogP contribution >= 0.6 is 12.4 Å². The SMILES string of the molecule is COc1ccc(CC(F)(C(=O)N=C(N)N)c2ccccc2)cc1.Cl. The number of methoxy groups -OCH3 is 1. The predicted octanol–water partition coefficient (Wildman–Crippen LogP) is 2.32. The van der Waals surface area contributed by atoms with Crippen molar-refractivity contribution in [2.24, 2.45) is 16.5 Å². The highest BCUT2D eigenvalue weighted by molar-refractivity contribution is 5.96. The average molecular weight is 352 g/mol. The number of hydrogen-bond donors (Lipinski definition) is 2. The predicted molar refractivity (Wildman–Crippen MR) is 94.0 cm³/mol. The number of nitrogens with zero attached hydrogens (tertiary/aromatic N) is 1. The summed E-state index contributed by atoms with van der Waals surface area (Å²) < 4.78 is 20.6. The molecule has 0 heterocycles. The molecule has 0 spiro atoms. The highest BCUT2D eigenvalue weighted by Gasteiger charge is 2.40. The van der Waals surface area contributed by atoms with Crippen molar-refractivity contribution in [2.45, 2.75) is 12.1 Å². The van der Waals surface area contributed by atoms with E-state index in [4.69, 9.17) is 16.2 Å². The quantitative estimate of drug-likeness (QED) is 0.639. The molecule has 1 unspecified atom stereocenters. The van der Waals surface area contributed by atoms with E-state index in [1.54, 1.807) is 49.6 Å². The highest BCUT2D eigenvalue weighted by Crippen LogP contribution is 2.32. The summed E-state index contributed by atoms with van der Waals surface area (Å²) in [5.74, 6) is -0.851. The van der Waals surface area contributed by atoms with E-state index in [-0.39, 0.29) is 24.4 Å². The summed E-state index contributed by atoms with van der Waals surface area (Å²) in [7, 11) is 1.54. The van der Waals surface area contributed by atoms with Crippen LogP contribution in [0.2, 0.25) is 0 Å². The number of carbonyl (C=O) groups excluding carboxylic acids is 1. The Morgan fingerprint density at radius 3 is 2.21 bits per heavy atom. The van der Waals surface area contributed by atoms with E-state index in [0.717, 1.165) is 0 Å². The molecule has 0 saturated heterocycles. The fourth-order valence-corrected chi connectivity index (χ4v) is 2.23. The van der Waals surface area contributed by atoms with Gasteiger partial charge in [0.1, 0.15) is 5.75 Å². The molecule has 0 saturated carbocycles. The van der Waals surface area contributed by atoms with E-state index in [2.05, 4.69) is 4.99 Å². The molecule has 2 rings (SSSR count). The summed E-state index contributed by atoms with van der Waals surface area (Å²) in [6, 6.07) is 14.9. The topological polar surface area (TPSA) is 90.7 Å². The number of aliphatic imine (C=N–C) groups is 1. The molecule has 0 fully saturated rings. The Hall–Kier alpha value is -2.60. The fraction of sp³-hybridized carbons (Fsp3) is 0.176. The first-order valence-electron chi connectivity index (χ1n) is 6.97. The maximum atomic E-state index is 15.5. The van der Waals surface area contributed by atoms with Crippen molar-refractivity contribution in [2.75, 3.05) is 7.11 Å². The zero-order valence-corrected chi connectivity index (χ0v) is 13.9. The van der Waals surface area contributed by atoms with Crippen LogP contribution in [0, 0.1) is 0 Å². The van der Waals surface area contributed by atoms with E-state index in [0.29, 0.717) is 11.3 Å². The summed E-state index contributed by atoms with van der Waals surface area (Å²) in [5, 5.41) is 0. The van der Waals surface area contributed by atoms with Gasteiger partial charge in [-0.15, -0.1) is 12.4 Å². The lowest BCUT2D eigenvalue weighted by molar-refractivity contribution is -0.129. The van der Waals surface area contributed by atoms with Gasteiger partial charge in [0.05, 0.1) is 7.11 Å². The second-order valence-corrected chi connectivity index (χ2v) is 5.03. The number of benzene rings is 2. The van der Waals surface area contributed by atoms with Gasteiger partial charge in [-0.2, -0.15) is 4.99 Å². The van der Waals surface area contributed by atoms with Gasteiger partial charge in [-0.3, -0.25) is 4.79 Å². The van der Waals surface area contributed by atoms with Crippen LogP contribution in [-0.2, 0) is 16.9 Å². The number of guanidine groups is 1. The van der Waals surface area contributed by atoms with Crippen LogP contribution in [0.3, 0.4) is 0 Å². The van der Waals surface area contributed by atoms with Gasteiger partial charge in [-0.05, 0) is 23.3 Å². The van der Waals surface area contributed by atoms with Gasteiger partial charge in [-0.25, -0.2) is 4.39 Å². The van der Waals surface area contributed by atoms with Gasteiger partial charge >= 0.3 is 0 Å². The molecular weight excluding hydrogens is 333 g/mol. The minimum Gasteiger partial charge on any atom is -0.497 e. The smallest absolute Gasteiger partial charge is 0.291 e. The van der Waals surface area contributed by atoms with Gasteiger partial charge in [0.2, 0.25) is 5.67 Å².